The minimum atomic E-state index is 0.0676. The summed E-state index contributed by atoms with van der Waals surface area (Å²) in [5, 5.41) is 7.16. The smallest absolute Gasteiger partial charge is 0.243 e. The van der Waals surface area contributed by atoms with Crippen molar-refractivity contribution in [3.8, 4) is 5.75 Å². The van der Waals surface area contributed by atoms with Gasteiger partial charge in [0.15, 0.2) is 5.82 Å². The maximum atomic E-state index is 5.75. The van der Waals surface area contributed by atoms with Crippen LogP contribution >= 0.6 is 0 Å². The molecule has 2 unspecified atom stereocenters. The van der Waals surface area contributed by atoms with Crippen LogP contribution in [0.25, 0.3) is 0 Å². The number of hydrogen-bond acceptors (Lipinski definition) is 5. The first kappa shape index (κ1) is 12.2. The Bertz CT molecular complexity index is 567. The highest BCUT2D eigenvalue weighted by Crippen LogP contribution is 2.31. The monoisotopic (exact) mass is 259 g/mol. The highest BCUT2D eigenvalue weighted by Gasteiger charge is 2.26. The van der Waals surface area contributed by atoms with Gasteiger partial charge in [-0.2, -0.15) is 4.98 Å². The van der Waals surface area contributed by atoms with Crippen molar-refractivity contribution in [2.24, 2.45) is 0 Å². The molecule has 100 valence electrons. The van der Waals surface area contributed by atoms with Crippen molar-refractivity contribution < 1.29 is 9.26 Å². The van der Waals surface area contributed by atoms with E-state index in [9.17, 15) is 0 Å². The molecular weight excluding hydrogens is 242 g/mol. The van der Waals surface area contributed by atoms with Crippen LogP contribution in [0.2, 0.25) is 0 Å². The van der Waals surface area contributed by atoms with Crippen LogP contribution in [0.4, 0.5) is 0 Å². The summed E-state index contributed by atoms with van der Waals surface area (Å²) in [6, 6.07) is 8.16. The van der Waals surface area contributed by atoms with Gasteiger partial charge in [-0.3, -0.25) is 0 Å². The number of fused-ring (bicyclic) bond motifs is 1. The Labute approximate surface area is 112 Å². The summed E-state index contributed by atoms with van der Waals surface area (Å²) in [5.74, 6) is 2.48. The van der Waals surface area contributed by atoms with Crippen LogP contribution < -0.4 is 10.1 Å². The Kier molecular flexibility index (Phi) is 3.21. The second-order valence-corrected chi connectivity index (χ2v) is 4.82. The molecule has 0 aliphatic carbocycles. The van der Waals surface area contributed by atoms with Crippen LogP contribution in [-0.4, -0.2) is 23.8 Å². The number of aromatic nitrogens is 2. The third kappa shape index (κ3) is 2.33. The first-order valence-corrected chi connectivity index (χ1v) is 6.49. The molecule has 2 atom stereocenters. The Balaban J connectivity index is 1.79. The molecule has 0 radical (unpaired) electrons. The van der Waals surface area contributed by atoms with E-state index >= 15 is 0 Å². The molecule has 2 heterocycles. The maximum Gasteiger partial charge on any atom is 0.243 e. The van der Waals surface area contributed by atoms with Crippen LogP contribution in [0.3, 0.4) is 0 Å². The van der Waals surface area contributed by atoms with Gasteiger partial charge >= 0.3 is 0 Å². The van der Waals surface area contributed by atoms with Crippen molar-refractivity contribution in [1.82, 2.24) is 15.5 Å². The first-order valence-electron chi connectivity index (χ1n) is 6.49. The predicted octanol–water partition coefficient (Wildman–Crippen LogP) is 2.07. The van der Waals surface area contributed by atoms with Gasteiger partial charge in [0.25, 0.3) is 0 Å². The van der Waals surface area contributed by atoms with Gasteiger partial charge in [0.1, 0.15) is 5.75 Å². The molecular formula is C14H17N3O2. The van der Waals surface area contributed by atoms with Crippen LogP contribution in [0.15, 0.2) is 28.8 Å². The van der Waals surface area contributed by atoms with Gasteiger partial charge in [-0.05, 0) is 32.0 Å². The van der Waals surface area contributed by atoms with E-state index in [4.69, 9.17) is 9.26 Å². The summed E-state index contributed by atoms with van der Waals surface area (Å²) < 4.78 is 11.0. The van der Waals surface area contributed by atoms with Gasteiger partial charge < -0.3 is 14.6 Å². The summed E-state index contributed by atoms with van der Waals surface area (Å²) in [4.78, 5) is 4.46. The second-order valence-electron chi connectivity index (χ2n) is 4.82. The topological polar surface area (TPSA) is 60.2 Å². The number of para-hydroxylation sites is 1. The third-order valence-electron chi connectivity index (χ3n) is 3.50. The van der Waals surface area contributed by atoms with Crippen molar-refractivity contribution >= 4 is 0 Å². The largest absolute Gasteiger partial charge is 0.493 e. The highest BCUT2D eigenvalue weighted by atomic mass is 16.5. The molecule has 1 aromatic heterocycles. The number of rotatable bonds is 3. The molecule has 19 heavy (non-hydrogen) atoms. The molecule has 0 saturated heterocycles. The van der Waals surface area contributed by atoms with Crippen molar-refractivity contribution in [1.29, 1.82) is 0 Å². The number of ether oxygens (including phenoxy) is 1. The second kappa shape index (κ2) is 5.01. The van der Waals surface area contributed by atoms with Crippen molar-refractivity contribution in [2.45, 2.75) is 25.3 Å². The molecule has 1 aliphatic rings. The standard InChI is InChI=1S/C14H17N3O2/c1-9(15-2)14-16-13(17-19-14)11-7-10-5-3-4-6-12(10)18-8-11/h3-6,9,11,15H,7-8H2,1-2H3. The fourth-order valence-corrected chi connectivity index (χ4v) is 2.21. The average molecular weight is 259 g/mol. The molecule has 3 rings (SSSR count). The Hall–Kier alpha value is -1.88. The Morgan fingerprint density at radius 3 is 3.05 bits per heavy atom. The van der Waals surface area contributed by atoms with Gasteiger partial charge in [0, 0.05) is 0 Å². The zero-order valence-electron chi connectivity index (χ0n) is 11.1. The summed E-state index contributed by atoms with van der Waals surface area (Å²) >= 11 is 0. The number of hydrogen-bond donors (Lipinski definition) is 1. The zero-order chi connectivity index (χ0) is 13.2. The quantitative estimate of drug-likeness (QED) is 0.914. The Morgan fingerprint density at radius 2 is 2.21 bits per heavy atom. The lowest BCUT2D eigenvalue weighted by atomic mass is 9.96. The van der Waals surface area contributed by atoms with Crippen LogP contribution in [-0.2, 0) is 6.42 Å². The van der Waals surface area contributed by atoms with E-state index in [0.29, 0.717) is 12.5 Å². The van der Waals surface area contributed by atoms with E-state index in [1.165, 1.54) is 5.56 Å². The summed E-state index contributed by atoms with van der Waals surface area (Å²) in [7, 11) is 1.87. The summed E-state index contributed by atoms with van der Waals surface area (Å²) in [6.07, 6.45) is 0.892. The summed E-state index contributed by atoms with van der Waals surface area (Å²) in [6.45, 7) is 2.59. The molecule has 0 spiro atoms. The SMILES string of the molecule is CNC(C)c1nc(C2COc3ccccc3C2)no1. The van der Waals surface area contributed by atoms with E-state index < -0.39 is 0 Å². The van der Waals surface area contributed by atoms with Crippen molar-refractivity contribution in [3.05, 3.63) is 41.5 Å². The van der Waals surface area contributed by atoms with Crippen LogP contribution in [0, 0.1) is 0 Å². The molecule has 2 aromatic rings. The molecule has 0 saturated carbocycles. The van der Waals surface area contributed by atoms with Crippen LogP contribution in [0.5, 0.6) is 5.75 Å². The number of benzene rings is 1. The molecule has 5 nitrogen and oxygen atoms in total. The van der Waals surface area contributed by atoms with E-state index in [0.717, 1.165) is 18.0 Å². The average Bonchev–Trinajstić information content (AvgIpc) is 2.95. The predicted molar refractivity (Wildman–Crippen MR) is 70.2 cm³/mol. The zero-order valence-corrected chi connectivity index (χ0v) is 11.1. The fraction of sp³-hybridized carbons (Fsp3) is 0.429. The van der Waals surface area contributed by atoms with Gasteiger partial charge in [0.05, 0.1) is 18.6 Å². The number of nitrogens with one attached hydrogen (secondary N) is 1. The molecule has 0 fully saturated rings. The fourth-order valence-electron chi connectivity index (χ4n) is 2.21. The lowest BCUT2D eigenvalue weighted by Crippen LogP contribution is -2.20. The minimum absolute atomic E-state index is 0.0676. The molecule has 1 aliphatic heterocycles. The van der Waals surface area contributed by atoms with Crippen LogP contribution in [0.1, 0.15) is 36.2 Å². The van der Waals surface area contributed by atoms with Gasteiger partial charge in [-0.25, -0.2) is 0 Å². The molecule has 1 N–H and O–H groups in total. The first-order chi connectivity index (χ1) is 9.28. The van der Waals surface area contributed by atoms with Gasteiger partial charge in [-0.1, -0.05) is 23.4 Å². The molecule has 0 amide bonds. The number of nitrogens with zero attached hydrogens (tertiary/aromatic N) is 2. The highest BCUT2D eigenvalue weighted by molar-refractivity contribution is 5.36. The van der Waals surface area contributed by atoms with E-state index in [2.05, 4.69) is 21.5 Å². The lowest BCUT2D eigenvalue weighted by molar-refractivity contribution is 0.253. The normalized spacial score (nSPS) is 19.6. The van der Waals surface area contributed by atoms with E-state index in [1.54, 1.807) is 0 Å². The van der Waals surface area contributed by atoms with Crippen molar-refractivity contribution in [2.75, 3.05) is 13.7 Å². The molecule has 0 bridgehead atoms. The minimum Gasteiger partial charge on any atom is -0.493 e. The molecule has 5 heteroatoms. The molecule has 1 aromatic carbocycles. The maximum absolute atomic E-state index is 5.75. The van der Waals surface area contributed by atoms with Gasteiger partial charge in [0.2, 0.25) is 5.89 Å². The Morgan fingerprint density at radius 1 is 1.37 bits per heavy atom. The van der Waals surface area contributed by atoms with E-state index in [-0.39, 0.29) is 12.0 Å². The summed E-state index contributed by atoms with van der Waals surface area (Å²) in [5.41, 5.74) is 1.20. The van der Waals surface area contributed by atoms with Crippen molar-refractivity contribution in [3.63, 3.8) is 0 Å². The van der Waals surface area contributed by atoms with E-state index in [1.807, 2.05) is 32.2 Å². The van der Waals surface area contributed by atoms with Gasteiger partial charge in [-0.15, -0.1) is 0 Å². The third-order valence-corrected chi connectivity index (χ3v) is 3.50. The lowest BCUT2D eigenvalue weighted by Gasteiger charge is -2.22.